The van der Waals surface area contributed by atoms with Crippen molar-refractivity contribution in [3.8, 4) is 0 Å². The standard InChI is InChI=1S/C14H26N4O8S2/c1-5-15-9-10(16(6-2)27(15,19)20)24-13(23-9)14-25-11-12(26-14)18(8-4)28(21,22)17(11)7-3/h9-14H,5-8H2,1-4H3/t9-,10+,11-,12+,13?,14?. The van der Waals surface area contributed by atoms with Crippen molar-refractivity contribution in [3.05, 3.63) is 0 Å². The SMILES string of the molecule is CCN1[C@@H]2OC(C3O[C@@H]4[C@H](O3)N(CC)S(=O)(=O)N4CC)O[C@@H]2N(CC)S1(=O)=O. The second-order valence-electron chi connectivity index (χ2n) is 6.67. The third kappa shape index (κ3) is 2.71. The summed E-state index contributed by atoms with van der Waals surface area (Å²) in [6.45, 7) is 7.83. The summed E-state index contributed by atoms with van der Waals surface area (Å²) in [6, 6.07) is 0. The normalized spacial score (nSPS) is 43.6. The van der Waals surface area contributed by atoms with E-state index in [4.69, 9.17) is 18.9 Å². The van der Waals surface area contributed by atoms with Gasteiger partial charge in [0.15, 0.2) is 24.9 Å². The first-order chi connectivity index (χ1) is 13.2. The maximum atomic E-state index is 12.5. The highest BCUT2D eigenvalue weighted by atomic mass is 32.2. The summed E-state index contributed by atoms with van der Waals surface area (Å²) in [5, 5.41) is 0. The van der Waals surface area contributed by atoms with Crippen LogP contribution in [0.1, 0.15) is 27.7 Å². The van der Waals surface area contributed by atoms with Crippen molar-refractivity contribution >= 4 is 20.4 Å². The molecule has 4 fully saturated rings. The lowest BCUT2D eigenvalue weighted by atomic mass is 10.4. The Bertz CT molecular complexity index is 703. The number of nitrogens with zero attached hydrogens (tertiary/aromatic N) is 4. The third-order valence-electron chi connectivity index (χ3n) is 5.37. The molecule has 0 aliphatic carbocycles. The van der Waals surface area contributed by atoms with E-state index in [0.29, 0.717) is 0 Å². The van der Waals surface area contributed by atoms with Gasteiger partial charge in [-0.2, -0.15) is 34.1 Å². The van der Waals surface area contributed by atoms with Gasteiger partial charge >= 0.3 is 0 Å². The van der Waals surface area contributed by atoms with E-state index in [0.717, 1.165) is 0 Å². The van der Waals surface area contributed by atoms with Crippen LogP contribution in [0.25, 0.3) is 0 Å². The topological polar surface area (TPSA) is 118 Å². The predicted molar refractivity (Wildman–Crippen MR) is 94.4 cm³/mol. The van der Waals surface area contributed by atoms with E-state index in [1.165, 1.54) is 17.2 Å². The van der Waals surface area contributed by atoms with E-state index in [9.17, 15) is 16.8 Å². The molecule has 4 aliphatic heterocycles. The van der Waals surface area contributed by atoms with Crippen molar-refractivity contribution in [1.82, 2.24) is 17.2 Å². The van der Waals surface area contributed by atoms with E-state index in [1.807, 2.05) is 0 Å². The molecule has 4 heterocycles. The lowest BCUT2D eigenvalue weighted by Gasteiger charge is -2.26. The Kier molecular flexibility index (Phi) is 5.27. The number of ether oxygens (including phenoxy) is 4. The fourth-order valence-corrected chi connectivity index (χ4v) is 7.66. The van der Waals surface area contributed by atoms with Gasteiger partial charge in [-0.25, -0.2) is 0 Å². The van der Waals surface area contributed by atoms with E-state index < -0.39 is 57.9 Å². The molecule has 0 N–H and O–H groups in total. The third-order valence-corrected chi connectivity index (χ3v) is 9.61. The van der Waals surface area contributed by atoms with E-state index >= 15 is 0 Å². The molecule has 0 bridgehead atoms. The zero-order chi connectivity index (χ0) is 20.4. The van der Waals surface area contributed by atoms with Gasteiger partial charge in [0.1, 0.15) is 0 Å². The van der Waals surface area contributed by atoms with Crippen LogP contribution in [0.5, 0.6) is 0 Å². The molecule has 4 saturated heterocycles. The molecule has 0 amide bonds. The molecule has 6 atom stereocenters. The molecule has 28 heavy (non-hydrogen) atoms. The maximum Gasteiger partial charge on any atom is 0.286 e. The molecule has 0 aromatic carbocycles. The first-order valence-electron chi connectivity index (χ1n) is 9.41. The number of hydrogen-bond donors (Lipinski definition) is 0. The number of hydrogen-bond acceptors (Lipinski definition) is 8. The lowest BCUT2D eigenvalue weighted by Crippen LogP contribution is -2.43. The molecule has 162 valence electrons. The fourth-order valence-electron chi connectivity index (χ4n) is 4.15. The van der Waals surface area contributed by atoms with Crippen LogP contribution in [0.3, 0.4) is 0 Å². The van der Waals surface area contributed by atoms with Gasteiger partial charge in [-0.1, -0.05) is 27.7 Å². The minimum Gasteiger partial charge on any atom is -0.324 e. The van der Waals surface area contributed by atoms with Crippen LogP contribution >= 0.6 is 0 Å². The molecule has 0 saturated carbocycles. The average Bonchev–Trinajstić information content (AvgIpc) is 3.30. The minimum absolute atomic E-state index is 0.235. The maximum absolute atomic E-state index is 12.5. The molecule has 0 radical (unpaired) electrons. The van der Waals surface area contributed by atoms with E-state index in [2.05, 4.69) is 0 Å². The van der Waals surface area contributed by atoms with E-state index in [-0.39, 0.29) is 26.2 Å². The van der Waals surface area contributed by atoms with Gasteiger partial charge in [0, 0.05) is 26.2 Å². The second kappa shape index (κ2) is 7.08. The van der Waals surface area contributed by atoms with Gasteiger partial charge in [0.25, 0.3) is 20.4 Å². The Morgan fingerprint density at radius 1 is 0.536 bits per heavy atom. The summed E-state index contributed by atoms with van der Waals surface area (Å²) in [7, 11) is -7.30. The number of rotatable bonds is 5. The van der Waals surface area contributed by atoms with Gasteiger partial charge in [0.2, 0.25) is 12.6 Å². The highest BCUT2D eigenvalue weighted by Crippen LogP contribution is 2.42. The van der Waals surface area contributed by atoms with Gasteiger partial charge < -0.3 is 18.9 Å². The quantitative estimate of drug-likeness (QED) is 0.523. The van der Waals surface area contributed by atoms with Crippen LogP contribution in [-0.2, 0) is 39.4 Å². The summed E-state index contributed by atoms with van der Waals surface area (Å²) >= 11 is 0. The molecular weight excluding hydrogens is 416 g/mol. The predicted octanol–water partition coefficient (Wildman–Crippen LogP) is -1.16. The van der Waals surface area contributed by atoms with Crippen molar-refractivity contribution in [1.29, 1.82) is 0 Å². The van der Waals surface area contributed by atoms with E-state index in [1.54, 1.807) is 27.7 Å². The van der Waals surface area contributed by atoms with Crippen LogP contribution in [0.15, 0.2) is 0 Å². The highest BCUT2D eigenvalue weighted by Gasteiger charge is 2.63. The first-order valence-corrected chi connectivity index (χ1v) is 12.2. The second-order valence-corrected chi connectivity index (χ2v) is 10.3. The summed E-state index contributed by atoms with van der Waals surface area (Å²) in [5.41, 5.74) is 0. The van der Waals surface area contributed by atoms with Gasteiger partial charge in [-0.15, -0.1) is 0 Å². The van der Waals surface area contributed by atoms with Crippen molar-refractivity contribution in [3.63, 3.8) is 0 Å². The summed E-state index contributed by atoms with van der Waals surface area (Å²) in [6.07, 6.45) is -5.16. The van der Waals surface area contributed by atoms with Gasteiger partial charge in [-0.05, 0) is 0 Å². The van der Waals surface area contributed by atoms with Gasteiger partial charge in [-0.3, -0.25) is 0 Å². The zero-order valence-electron chi connectivity index (χ0n) is 16.2. The van der Waals surface area contributed by atoms with Crippen LogP contribution in [-0.4, -0.2) is 97.7 Å². The van der Waals surface area contributed by atoms with Crippen molar-refractivity contribution < 1.29 is 35.8 Å². The molecule has 0 spiro atoms. The largest absolute Gasteiger partial charge is 0.324 e. The van der Waals surface area contributed by atoms with Crippen molar-refractivity contribution in [2.45, 2.75) is 65.2 Å². The Morgan fingerprint density at radius 2 is 0.750 bits per heavy atom. The first kappa shape index (κ1) is 20.8. The van der Waals surface area contributed by atoms with Crippen LogP contribution in [0, 0.1) is 0 Å². The monoisotopic (exact) mass is 442 g/mol. The van der Waals surface area contributed by atoms with Gasteiger partial charge in [0.05, 0.1) is 0 Å². The number of likely N-dealkylation sites (N-methyl/N-ethyl adjacent to an activating group) is 4. The summed E-state index contributed by atoms with van der Waals surface area (Å²) < 4.78 is 78.5. The molecular formula is C14H26N4O8S2. The minimum atomic E-state index is -3.65. The molecule has 2 unspecified atom stereocenters. The van der Waals surface area contributed by atoms with Crippen LogP contribution < -0.4 is 0 Å². The highest BCUT2D eigenvalue weighted by molar-refractivity contribution is 7.87. The Labute approximate surface area is 165 Å². The van der Waals surface area contributed by atoms with Crippen molar-refractivity contribution in [2.24, 2.45) is 0 Å². The average molecular weight is 443 g/mol. The molecule has 0 aromatic heterocycles. The van der Waals surface area contributed by atoms with Crippen molar-refractivity contribution in [2.75, 3.05) is 26.2 Å². The Hall–Kier alpha value is -0.420. The molecule has 0 aromatic rings. The zero-order valence-corrected chi connectivity index (χ0v) is 17.8. The molecule has 4 aliphatic rings. The Morgan fingerprint density at radius 3 is 0.929 bits per heavy atom. The summed E-state index contributed by atoms with van der Waals surface area (Å²) in [4.78, 5) is 0. The lowest BCUT2D eigenvalue weighted by molar-refractivity contribution is -0.237. The molecule has 4 rings (SSSR count). The summed E-state index contributed by atoms with van der Waals surface area (Å²) in [5.74, 6) is 0. The smallest absolute Gasteiger partial charge is 0.286 e. The van der Waals surface area contributed by atoms with Crippen LogP contribution in [0.4, 0.5) is 0 Å². The molecule has 12 nitrogen and oxygen atoms in total. The Balaban J connectivity index is 1.53. The fraction of sp³-hybridized carbons (Fsp3) is 1.00. The van der Waals surface area contributed by atoms with Crippen LogP contribution in [0.2, 0.25) is 0 Å². The number of fused-ring (bicyclic) bond motifs is 2. The molecule has 14 heteroatoms.